The summed E-state index contributed by atoms with van der Waals surface area (Å²) in [6, 6.07) is 9.85. The molecule has 0 saturated heterocycles. The van der Waals surface area contributed by atoms with Crippen molar-refractivity contribution < 1.29 is 4.79 Å². The molecule has 134 valence electrons. The average Bonchev–Trinajstić information content (AvgIpc) is 3.11. The van der Waals surface area contributed by atoms with Gasteiger partial charge in [-0.1, -0.05) is 44.2 Å². The van der Waals surface area contributed by atoms with Crippen LogP contribution in [0.25, 0.3) is 16.9 Å². The Morgan fingerprint density at radius 2 is 1.81 bits per heavy atom. The van der Waals surface area contributed by atoms with Crippen molar-refractivity contribution in [3.63, 3.8) is 0 Å². The first kappa shape index (κ1) is 17.6. The normalized spacial score (nSPS) is 13.2. The number of anilines is 1. The molecule has 0 fully saturated rings. The van der Waals surface area contributed by atoms with E-state index in [2.05, 4.69) is 20.4 Å². The quantitative estimate of drug-likeness (QED) is 0.757. The van der Waals surface area contributed by atoms with E-state index in [1.54, 1.807) is 11.4 Å². The summed E-state index contributed by atoms with van der Waals surface area (Å²) in [5.74, 6) is 0.847. The van der Waals surface area contributed by atoms with Crippen molar-refractivity contribution in [1.29, 1.82) is 0 Å². The summed E-state index contributed by atoms with van der Waals surface area (Å²) in [6.07, 6.45) is 0.471. The summed E-state index contributed by atoms with van der Waals surface area (Å²) in [7, 11) is 0. The van der Waals surface area contributed by atoms with Crippen LogP contribution in [0.1, 0.15) is 32.2 Å². The third-order valence-corrected chi connectivity index (χ3v) is 4.22. The van der Waals surface area contributed by atoms with E-state index in [9.17, 15) is 4.79 Å². The Kier molecular flexibility index (Phi) is 4.71. The number of benzene rings is 1. The number of allylic oxidation sites excluding steroid dienone is 1. The predicted octanol–water partition coefficient (Wildman–Crippen LogP) is 2.65. The molecule has 1 aliphatic heterocycles. The Morgan fingerprint density at radius 1 is 1.12 bits per heavy atom. The number of aromatic nitrogens is 4. The van der Waals surface area contributed by atoms with Crippen LogP contribution in [0.15, 0.2) is 41.6 Å². The largest absolute Gasteiger partial charge is 0.368 e. The van der Waals surface area contributed by atoms with Gasteiger partial charge in [-0.25, -0.2) is 9.97 Å². The van der Waals surface area contributed by atoms with Gasteiger partial charge in [0.1, 0.15) is 0 Å². The van der Waals surface area contributed by atoms with Crippen LogP contribution in [0.3, 0.4) is 0 Å². The van der Waals surface area contributed by atoms with Crippen LogP contribution in [0.2, 0.25) is 0 Å². The second-order valence-corrected chi connectivity index (χ2v) is 5.81. The van der Waals surface area contributed by atoms with Crippen molar-refractivity contribution in [3.8, 4) is 11.3 Å². The molecule has 0 saturated carbocycles. The van der Waals surface area contributed by atoms with Crippen molar-refractivity contribution in [2.24, 2.45) is 0 Å². The lowest BCUT2D eigenvalue weighted by molar-refractivity contribution is -0.118. The monoisotopic (exact) mass is 350 g/mol. The molecule has 7 nitrogen and oxygen atoms in total. The fourth-order valence-corrected chi connectivity index (χ4v) is 2.79. The highest BCUT2D eigenvalue weighted by Crippen LogP contribution is 2.25. The van der Waals surface area contributed by atoms with E-state index >= 15 is 0 Å². The van der Waals surface area contributed by atoms with E-state index in [0.717, 1.165) is 28.1 Å². The molecule has 3 aromatic rings. The zero-order valence-electron chi connectivity index (χ0n) is 15.4. The lowest BCUT2D eigenvalue weighted by Crippen LogP contribution is -2.37. The van der Waals surface area contributed by atoms with Gasteiger partial charge >= 0.3 is 0 Å². The average molecular weight is 350 g/mol. The molecule has 0 radical (unpaired) electrons. The lowest BCUT2D eigenvalue weighted by Gasteiger charge is -2.20. The Labute approximate surface area is 152 Å². The number of nitrogens with two attached hydrogens (primary N) is 1. The molecule has 0 atom stereocenters. The maximum atomic E-state index is 11.3. The van der Waals surface area contributed by atoms with Crippen LogP contribution >= 0.6 is 0 Å². The maximum Gasteiger partial charge on any atom is 0.252 e. The van der Waals surface area contributed by atoms with Crippen molar-refractivity contribution in [2.75, 3.05) is 5.73 Å². The van der Waals surface area contributed by atoms with Crippen LogP contribution in [-0.2, 0) is 11.2 Å². The fourth-order valence-electron chi connectivity index (χ4n) is 2.79. The van der Waals surface area contributed by atoms with Crippen LogP contribution in [0.5, 0.6) is 0 Å². The van der Waals surface area contributed by atoms with Crippen molar-refractivity contribution in [2.45, 2.75) is 34.1 Å². The third kappa shape index (κ3) is 2.92. The molecule has 4 rings (SSSR count). The van der Waals surface area contributed by atoms with Crippen molar-refractivity contribution in [3.05, 3.63) is 53.0 Å². The topological polar surface area (TPSA) is 98.2 Å². The van der Waals surface area contributed by atoms with E-state index in [1.165, 1.54) is 0 Å². The number of carbonyl (C=O) groups excluding carboxylic acids is 1. The minimum atomic E-state index is -0.0440. The van der Waals surface area contributed by atoms with E-state index in [0.29, 0.717) is 17.9 Å². The van der Waals surface area contributed by atoms with Crippen LogP contribution in [0.4, 0.5) is 5.95 Å². The molecular weight excluding hydrogens is 328 g/mol. The van der Waals surface area contributed by atoms with E-state index in [4.69, 9.17) is 5.73 Å². The summed E-state index contributed by atoms with van der Waals surface area (Å²) in [6.45, 7) is 7.75. The van der Waals surface area contributed by atoms with Gasteiger partial charge in [0.15, 0.2) is 11.5 Å². The van der Waals surface area contributed by atoms with E-state index in [-0.39, 0.29) is 11.9 Å². The smallest absolute Gasteiger partial charge is 0.252 e. The van der Waals surface area contributed by atoms with Gasteiger partial charge in [-0.3, -0.25) is 4.79 Å². The van der Waals surface area contributed by atoms with Gasteiger partial charge in [0, 0.05) is 22.4 Å². The van der Waals surface area contributed by atoms with Crippen LogP contribution in [-0.4, -0.2) is 25.5 Å². The summed E-state index contributed by atoms with van der Waals surface area (Å²) < 4.78 is 1.55. The lowest BCUT2D eigenvalue weighted by atomic mass is 10.1. The first-order valence-corrected chi connectivity index (χ1v) is 8.63. The minimum Gasteiger partial charge on any atom is -0.368 e. The molecule has 3 N–H and O–H groups in total. The number of carbonyl (C=O) groups is 1. The number of nitrogens with one attached hydrogen (secondary N) is 1. The van der Waals surface area contributed by atoms with Crippen LogP contribution in [0, 0.1) is 6.92 Å². The molecule has 3 heterocycles. The zero-order valence-corrected chi connectivity index (χ0v) is 15.4. The van der Waals surface area contributed by atoms with Crippen molar-refractivity contribution >= 4 is 17.5 Å². The maximum absolute atomic E-state index is 11.3. The molecule has 7 heteroatoms. The highest BCUT2D eigenvalue weighted by molar-refractivity contribution is 6.01. The SMILES string of the molecule is CC.CC1=C(Cc2nc3c(C)c(-c4ccccc4)nc(N)n3n2)NC1=O. The molecule has 0 aliphatic carbocycles. The molecule has 2 aromatic heterocycles. The van der Waals surface area contributed by atoms with E-state index in [1.807, 2.05) is 51.1 Å². The first-order valence-electron chi connectivity index (χ1n) is 8.63. The van der Waals surface area contributed by atoms with Gasteiger partial charge in [-0.05, 0) is 13.8 Å². The fraction of sp³-hybridized carbons (Fsp3) is 0.263. The number of nitrogen functional groups attached to an aromatic ring is 1. The van der Waals surface area contributed by atoms with Gasteiger partial charge < -0.3 is 11.1 Å². The summed E-state index contributed by atoms with van der Waals surface area (Å²) >= 11 is 0. The predicted molar refractivity (Wildman–Crippen MR) is 101 cm³/mol. The summed E-state index contributed by atoms with van der Waals surface area (Å²) in [5.41, 5.74) is 11.0. The van der Waals surface area contributed by atoms with Gasteiger partial charge in [-0.2, -0.15) is 4.52 Å². The number of amides is 1. The Balaban J connectivity index is 0.000000948. The summed E-state index contributed by atoms with van der Waals surface area (Å²) in [5, 5.41) is 7.18. The van der Waals surface area contributed by atoms with Gasteiger partial charge in [0.2, 0.25) is 5.95 Å². The number of hydrogen-bond acceptors (Lipinski definition) is 5. The Bertz CT molecular complexity index is 1000. The van der Waals surface area contributed by atoms with Crippen LogP contribution < -0.4 is 11.1 Å². The standard InChI is InChI=1S/C17H16N6O.C2H6/c1-9-12(19-16(9)24)8-13-20-15-10(2)14(11-6-4-3-5-7-11)21-17(18)23(15)22-13;1-2/h3-7H,8H2,1-2H3,(H2,18,21)(H,19,24);1-2H3. The Hall–Kier alpha value is -3.22. The molecule has 0 unspecified atom stereocenters. The van der Waals surface area contributed by atoms with Crippen molar-refractivity contribution in [1.82, 2.24) is 24.9 Å². The number of fused-ring (bicyclic) bond motifs is 1. The first-order chi connectivity index (χ1) is 12.5. The van der Waals surface area contributed by atoms with Gasteiger partial charge in [0.25, 0.3) is 5.91 Å². The number of hydrogen-bond donors (Lipinski definition) is 2. The Morgan fingerprint density at radius 3 is 2.42 bits per heavy atom. The van der Waals surface area contributed by atoms with Gasteiger partial charge in [-0.15, -0.1) is 5.10 Å². The van der Waals surface area contributed by atoms with E-state index < -0.39 is 0 Å². The molecule has 0 bridgehead atoms. The number of nitrogens with zero attached hydrogens (tertiary/aromatic N) is 4. The second kappa shape index (κ2) is 6.95. The number of rotatable bonds is 3. The molecule has 0 spiro atoms. The third-order valence-electron chi connectivity index (χ3n) is 4.22. The molecule has 1 aromatic carbocycles. The minimum absolute atomic E-state index is 0.0440. The highest BCUT2D eigenvalue weighted by Gasteiger charge is 2.24. The zero-order chi connectivity index (χ0) is 18.8. The summed E-state index contributed by atoms with van der Waals surface area (Å²) in [4.78, 5) is 20.3. The van der Waals surface area contributed by atoms with Gasteiger partial charge in [0.05, 0.1) is 12.1 Å². The molecule has 1 aliphatic rings. The molecule has 1 amide bonds. The number of aryl methyl sites for hydroxylation is 1. The second-order valence-electron chi connectivity index (χ2n) is 5.81. The highest BCUT2D eigenvalue weighted by atomic mass is 16.2. The molecular formula is C19H22N6O. The molecule has 26 heavy (non-hydrogen) atoms.